The zero-order valence-corrected chi connectivity index (χ0v) is 11.1. The topological polar surface area (TPSA) is 50.1 Å². The number of benzene rings is 2. The number of hydrogen-bond acceptors (Lipinski definition) is 4. The Balaban J connectivity index is 2.38. The molecule has 3 nitrogen and oxygen atoms in total. The maximum absolute atomic E-state index is 10.7. The van der Waals surface area contributed by atoms with Gasteiger partial charge < -0.3 is 4.74 Å². The first-order valence-corrected chi connectivity index (χ1v) is 6.40. The number of rotatable bonds is 4. The number of aldehydes is 1. The van der Waals surface area contributed by atoms with E-state index in [9.17, 15) is 4.79 Å². The summed E-state index contributed by atoms with van der Waals surface area (Å²) in [7, 11) is 1.61. The van der Waals surface area contributed by atoms with Crippen LogP contribution in [0, 0.1) is 11.3 Å². The SMILES string of the molecule is COc1ccccc1Sc1ccc(C=O)cc1C#N. The molecule has 0 saturated heterocycles. The summed E-state index contributed by atoms with van der Waals surface area (Å²) in [6.45, 7) is 0. The fraction of sp³-hybridized carbons (Fsp3) is 0.0667. The number of para-hydroxylation sites is 1. The van der Waals surface area contributed by atoms with Gasteiger partial charge in [-0.15, -0.1) is 0 Å². The van der Waals surface area contributed by atoms with Gasteiger partial charge in [0.15, 0.2) is 0 Å². The summed E-state index contributed by atoms with van der Waals surface area (Å²) in [5, 5.41) is 9.13. The standard InChI is InChI=1S/C15H11NO2S/c1-18-13-4-2-3-5-15(13)19-14-7-6-11(10-17)8-12(14)9-16/h2-8,10H,1H3. The van der Waals surface area contributed by atoms with E-state index in [-0.39, 0.29) is 0 Å². The summed E-state index contributed by atoms with van der Waals surface area (Å²) in [4.78, 5) is 12.4. The molecule has 0 bridgehead atoms. The summed E-state index contributed by atoms with van der Waals surface area (Å²) in [5.41, 5.74) is 0.987. The van der Waals surface area contributed by atoms with E-state index in [1.165, 1.54) is 11.8 Å². The highest BCUT2D eigenvalue weighted by molar-refractivity contribution is 7.99. The molecular formula is C15H11NO2S. The lowest BCUT2D eigenvalue weighted by Crippen LogP contribution is -1.88. The third-order valence-electron chi connectivity index (χ3n) is 2.55. The van der Waals surface area contributed by atoms with E-state index in [0.29, 0.717) is 11.1 Å². The van der Waals surface area contributed by atoms with Gasteiger partial charge in [0.1, 0.15) is 18.1 Å². The lowest BCUT2D eigenvalue weighted by molar-refractivity contribution is 0.112. The minimum absolute atomic E-state index is 0.487. The van der Waals surface area contributed by atoms with E-state index < -0.39 is 0 Å². The van der Waals surface area contributed by atoms with Gasteiger partial charge in [-0.05, 0) is 24.3 Å². The van der Waals surface area contributed by atoms with Crippen molar-refractivity contribution in [3.63, 3.8) is 0 Å². The first-order chi connectivity index (χ1) is 9.28. The van der Waals surface area contributed by atoms with Gasteiger partial charge in [0.2, 0.25) is 0 Å². The van der Waals surface area contributed by atoms with Crippen molar-refractivity contribution in [3.05, 3.63) is 53.6 Å². The van der Waals surface area contributed by atoms with Crippen LogP contribution in [0.3, 0.4) is 0 Å². The average molecular weight is 269 g/mol. The molecule has 0 heterocycles. The second-order valence-electron chi connectivity index (χ2n) is 3.74. The zero-order valence-electron chi connectivity index (χ0n) is 10.3. The van der Waals surface area contributed by atoms with Gasteiger partial charge in [-0.25, -0.2) is 0 Å². The summed E-state index contributed by atoms with van der Waals surface area (Å²) in [6.07, 6.45) is 0.735. The largest absolute Gasteiger partial charge is 0.496 e. The minimum atomic E-state index is 0.487. The molecule has 0 aromatic heterocycles. The molecule has 2 rings (SSSR count). The zero-order chi connectivity index (χ0) is 13.7. The van der Waals surface area contributed by atoms with Crippen LogP contribution in [-0.4, -0.2) is 13.4 Å². The van der Waals surface area contributed by atoms with Crippen LogP contribution in [-0.2, 0) is 0 Å². The molecular weight excluding hydrogens is 258 g/mol. The van der Waals surface area contributed by atoms with Gasteiger partial charge in [-0.2, -0.15) is 5.26 Å². The molecule has 2 aromatic carbocycles. The molecule has 0 unspecified atom stereocenters. The second kappa shape index (κ2) is 6.07. The number of methoxy groups -OCH3 is 1. The van der Waals surface area contributed by atoms with E-state index in [2.05, 4.69) is 6.07 Å². The van der Waals surface area contributed by atoms with Crippen molar-refractivity contribution in [3.8, 4) is 11.8 Å². The van der Waals surface area contributed by atoms with Gasteiger partial charge in [-0.3, -0.25) is 4.79 Å². The van der Waals surface area contributed by atoms with E-state index in [1.54, 1.807) is 25.3 Å². The molecule has 94 valence electrons. The maximum atomic E-state index is 10.7. The summed E-state index contributed by atoms with van der Waals surface area (Å²) < 4.78 is 5.28. The molecule has 0 aliphatic rings. The molecule has 2 aromatic rings. The molecule has 4 heteroatoms. The maximum Gasteiger partial charge on any atom is 0.150 e. The highest BCUT2D eigenvalue weighted by Crippen LogP contribution is 2.36. The lowest BCUT2D eigenvalue weighted by Gasteiger charge is -2.08. The molecule has 0 aliphatic carbocycles. The van der Waals surface area contributed by atoms with Crippen molar-refractivity contribution in [2.24, 2.45) is 0 Å². The normalized spacial score (nSPS) is 9.68. The van der Waals surface area contributed by atoms with Crippen molar-refractivity contribution < 1.29 is 9.53 Å². The van der Waals surface area contributed by atoms with E-state index in [1.807, 2.05) is 24.3 Å². The third-order valence-corrected chi connectivity index (χ3v) is 3.68. The molecule has 19 heavy (non-hydrogen) atoms. The average Bonchev–Trinajstić information content (AvgIpc) is 2.48. The lowest BCUT2D eigenvalue weighted by atomic mass is 10.1. The Hall–Kier alpha value is -2.25. The Labute approximate surface area is 115 Å². The van der Waals surface area contributed by atoms with E-state index in [4.69, 9.17) is 10.00 Å². The summed E-state index contributed by atoms with van der Waals surface area (Å²) in [6, 6.07) is 14.8. The number of ether oxygens (including phenoxy) is 1. The van der Waals surface area contributed by atoms with E-state index in [0.717, 1.165) is 21.8 Å². The minimum Gasteiger partial charge on any atom is -0.496 e. The molecule has 0 amide bonds. The fourth-order valence-electron chi connectivity index (χ4n) is 1.62. The fourth-order valence-corrected chi connectivity index (χ4v) is 2.60. The quantitative estimate of drug-likeness (QED) is 0.797. The smallest absolute Gasteiger partial charge is 0.150 e. The van der Waals surface area contributed by atoms with Crippen LogP contribution in [0.15, 0.2) is 52.3 Å². The van der Waals surface area contributed by atoms with Crippen LogP contribution in [0.25, 0.3) is 0 Å². The van der Waals surface area contributed by atoms with Crippen molar-refractivity contribution in [2.45, 2.75) is 9.79 Å². The van der Waals surface area contributed by atoms with Gasteiger partial charge in [-0.1, -0.05) is 30.0 Å². The van der Waals surface area contributed by atoms with Crippen molar-refractivity contribution in [1.82, 2.24) is 0 Å². The number of hydrogen-bond donors (Lipinski definition) is 0. The van der Waals surface area contributed by atoms with E-state index >= 15 is 0 Å². The molecule has 0 spiro atoms. The van der Waals surface area contributed by atoms with Crippen LogP contribution in [0.5, 0.6) is 5.75 Å². The Morgan fingerprint density at radius 3 is 2.68 bits per heavy atom. The predicted molar refractivity (Wildman–Crippen MR) is 73.7 cm³/mol. The number of carbonyl (C=O) groups excluding carboxylic acids is 1. The first-order valence-electron chi connectivity index (χ1n) is 5.58. The monoisotopic (exact) mass is 269 g/mol. The highest BCUT2D eigenvalue weighted by Gasteiger charge is 2.08. The highest BCUT2D eigenvalue weighted by atomic mass is 32.2. The predicted octanol–water partition coefficient (Wildman–Crippen LogP) is 3.53. The Bertz CT molecular complexity index is 647. The Kier molecular flexibility index (Phi) is 4.22. The molecule has 0 fully saturated rings. The van der Waals surface area contributed by atoms with Crippen LogP contribution >= 0.6 is 11.8 Å². The number of carbonyl (C=O) groups is 1. The number of nitriles is 1. The van der Waals surface area contributed by atoms with Crippen LogP contribution in [0.4, 0.5) is 0 Å². The van der Waals surface area contributed by atoms with Gasteiger partial charge >= 0.3 is 0 Å². The Morgan fingerprint density at radius 2 is 2.00 bits per heavy atom. The molecule has 0 N–H and O–H groups in total. The van der Waals surface area contributed by atoms with Crippen LogP contribution in [0.2, 0.25) is 0 Å². The third kappa shape index (κ3) is 2.95. The van der Waals surface area contributed by atoms with Crippen molar-refractivity contribution in [2.75, 3.05) is 7.11 Å². The second-order valence-corrected chi connectivity index (χ2v) is 4.82. The van der Waals surface area contributed by atoms with Crippen molar-refractivity contribution in [1.29, 1.82) is 5.26 Å². The molecule has 0 radical (unpaired) electrons. The van der Waals surface area contributed by atoms with Crippen molar-refractivity contribution >= 4 is 18.0 Å². The van der Waals surface area contributed by atoms with Gasteiger partial charge in [0, 0.05) is 10.5 Å². The first kappa shape index (κ1) is 13.2. The summed E-state index contributed by atoms with van der Waals surface area (Å²) in [5.74, 6) is 0.760. The number of nitrogens with zero attached hydrogens (tertiary/aromatic N) is 1. The summed E-state index contributed by atoms with van der Waals surface area (Å²) >= 11 is 1.45. The molecule has 0 aliphatic heterocycles. The van der Waals surface area contributed by atoms with Gasteiger partial charge in [0.05, 0.1) is 17.6 Å². The van der Waals surface area contributed by atoms with Gasteiger partial charge in [0.25, 0.3) is 0 Å². The van der Waals surface area contributed by atoms with Crippen LogP contribution in [0.1, 0.15) is 15.9 Å². The van der Waals surface area contributed by atoms with Crippen LogP contribution < -0.4 is 4.74 Å². The molecule has 0 atom stereocenters. The molecule has 0 saturated carbocycles. The Morgan fingerprint density at radius 1 is 1.21 bits per heavy atom.